The number of aromatic nitrogens is 1. The van der Waals surface area contributed by atoms with Crippen LogP contribution in [0.25, 0.3) is 0 Å². The Morgan fingerprint density at radius 1 is 1.11 bits per heavy atom. The Bertz CT molecular complexity index is 723. The number of nitrogens with one attached hydrogen (secondary N) is 2. The van der Waals surface area contributed by atoms with Crippen LogP contribution in [0.5, 0.6) is 0 Å². The summed E-state index contributed by atoms with van der Waals surface area (Å²) in [6.07, 6.45) is 6.69. The summed E-state index contributed by atoms with van der Waals surface area (Å²) in [5, 5.41) is 5.68. The maximum absolute atomic E-state index is 12.0. The summed E-state index contributed by atoms with van der Waals surface area (Å²) in [4.78, 5) is 18.6. The number of nitrogens with two attached hydrogens (primary N) is 1. The van der Waals surface area contributed by atoms with Crippen LogP contribution < -0.4 is 16.4 Å². The van der Waals surface area contributed by atoms with Crippen LogP contribution in [0.2, 0.25) is 0 Å². The highest BCUT2D eigenvalue weighted by atomic mass is 16.2. The highest BCUT2D eigenvalue weighted by Crippen LogP contribution is 2.17. The van der Waals surface area contributed by atoms with Gasteiger partial charge in [0.1, 0.15) is 5.82 Å². The van der Waals surface area contributed by atoms with Crippen LogP contribution in [-0.2, 0) is 13.0 Å². The van der Waals surface area contributed by atoms with Gasteiger partial charge in [0.25, 0.3) is 0 Å². The minimum absolute atomic E-state index is 0.235. The number of rotatable bonds is 6. The van der Waals surface area contributed by atoms with Gasteiger partial charge in [0, 0.05) is 24.5 Å². The van der Waals surface area contributed by atoms with Gasteiger partial charge in [-0.15, -0.1) is 0 Å². The quantitative estimate of drug-likeness (QED) is 0.731. The molecule has 1 aliphatic heterocycles. The first-order valence-corrected chi connectivity index (χ1v) is 9.68. The van der Waals surface area contributed by atoms with Gasteiger partial charge >= 0.3 is 6.03 Å². The van der Waals surface area contributed by atoms with Gasteiger partial charge in [0.2, 0.25) is 0 Å². The van der Waals surface area contributed by atoms with Gasteiger partial charge in [-0.1, -0.05) is 24.6 Å². The number of amides is 2. The number of carbonyl (C=O) groups is 1. The van der Waals surface area contributed by atoms with Crippen molar-refractivity contribution in [3.8, 4) is 0 Å². The van der Waals surface area contributed by atoms with E-state index in [1.807, 2.05) is 18.2 Å². The van der Waals surface area contributed by atoms with Gasteiger partial charge in [-0.25, -0.2) is 9.78 Å². The lowest BCUT2D eigenvalue weighted by molar-refractivity contribution is 0.173. The molecule has 2 amide bonds. The second-order valence-corrected chi connectivity index (χ2v) is 7.25. The van der Waals surface area contributed by atoms with Crippen molar-refractivity contribution in [1.82, 2.24) is 15.2 Å². The maximum Gasteiger partial charge on any atom is 0.319 e. The van der Waals surface area contributed by atoms with Crippen molar-refractivity contribution in [2.24, 2.45) is 0 Å². The van der Waals surface area contributed by atoms with Crippen LogP contribution in [0.1, 0.15) is 37.3 Å². The SMILES string of the molecule is CC(Cc1ccc(NC(=O)NCc2ccc(N)nc2)cc1)N1CCCCC1. The number of nitrogens with zero attached hydrogens (tertiary/aromatic N) is 2. The fourth-order valence-corrected chi connectivity index (χ4v) is 3.45. The summed E-state index contributed by atoms with van der Waals surface area (Å²) in [5.74, 6) is 0.470. The van der Waals surface area contributed by atoms with Crippen molar-refractivity contribution in [3.63, 3.8) is 0 Å². The number of pyridine rings is 1. The highest BCUT2D eigenvalue weighted by molar-refractivity contribution is 5.89. The molecule has 1 fully saturated rings. The highest BCUT2D eigenvalue weighted by Gasteiger charge is 2.16. The smallest absolute Gasteiger partial charge is 0.319 e. The average Bonchev–Trinajstić information content (AvgIpc) is 2.70. The van der Waals surface area contributed by atoms with Gasteiger partial charge in [0.05, 0.1) is 0 Å². The molecule has 4 N–H and O–H groups in total. The lowest BCUT2D eigenvalue weighted by atomic mass is 10.0. The first kappa shape index (κ1) is 19.2. The van der Waals surface area contributed by atoms with E-state index in [2.05, 4.69) is 39.6 Å². The van der Waals surface area contributed by atoms with E-state index in [1.54, 1.807) is 12.3 Å². The predicted molar refractivity (Wildman–Crippen MR) is 110 cm³/mol. The molecule has 6 heteroatoms. The largest absolute Gasteiger partial charge is 0.384 e. The second kappa shape index (κ2) is 9.37. The van der Waals surface area contributed by atoms with Crippen molar-refractivity contribution in [1.29, 1.82) is 0 Å². The number of benzene rings is 1. The first-order chi connectivity index (χ1) is 13.1. The van der Waals surface area contributed by atoms with Crippen molar-refractivity contribution in [3.05, 3.63) is 53.7 Å². The van der Waals surface area contributed by atoms with Gasteiger partial charge in [-0.05, 0) is 68.6 Å². The average molecular weight is 367 g/mol. The molecule has 2 heterocycles. The molecule has 1 aliphatic rings. The van der Waals surface area contributed by atoms with Crippen LogP contribution in [0.4, 0.5) is 16.3 Å². The van der Waals surface area contributed by atoms with Crippen molar-refractivity contribution < 1.29 is 4.79 Å². The number of likely N-dealkylation sites (tertiary alicyclic amines) is 1. The van der Waals surface area contributed by atoms with Crippen LogP contribution in [0.3, 0.4) is 0 Å². The molecule has 144 valence electrons. The fraction of sp³-hybridized carbons (Fsp3) is 0.429. The molecule has 0 aliphatic carbocycles. The Labute approximate surface area is 161 Å². The maximum atomic E-state index is 12.0. The summed E-state index contributed by atoms with van der Waals surface area (Å²) in [7, 11) is 0. The molecule has 27 heavy (non-hydrogen) atoms. The molecule has 0 bridgehead atoms. The van der Waals surface area contributed by atoms with E-state index in [9.17, 15) is 4.79 Å². The molecule has 0 spiro atoms. The van der Waals surface area contributed by atoms with Crippen LogP contribution in [0, 0.1) is 0 Å². The molecular formula is C21H29N5O. The summed E-state index contributed by atoms with van der Waals surface area (Å²) in [6, 6.07) is 12.0. The fourth-order valence-electron chi connectivity index (χ4n) is 3.45. The second-order valence-electron chi connectivity index (χ2n) is 7.25. The normalized spacial score (nSPS) is 15.9. The number of anilines is 2. The minimum Gasteiger partial charge on any atom is -0.384 e. The zero-order valence-electron chi connectivity index (χ0n) is 15.9. The Morgan fingerprint density at radius 2 is 1.81 bits per heavy atom. The van der Waals surface area contributed by atoms with Gasteiger partial charge in [-0.3, -0.25) is 0 Å². The summed E-state index contributed by atoms with van der Waals surface area (Å²) < 4.78 is 0. The lowest BCUT2D eigenvalue weighted by Crippen LogP contribution is -2.38. The third kappa shape index (κ3) is 5.96. The van der Waals surface area contributed by atoms with Crippen molar-refractivity contribution in [2.75, 3.05) is 24.1 Å². The van der Waals surface area contributed by atoms with E-state index in [0.717, 1.165) is 17.7 Å². The number of hydrogen-bond donors (Lipinski definition) is 3. The number of hydrogen-bond acceptors (Lipinski definition) is 4. The molecular weight excluding hydrogens is 338 g/mol. The molecule has 0 radical (unpaired) electrons. The molecule has 3 rings (SSSR count). The lowest BCUT2D eigenvalue weighted by Gasteiger charge is -2.32. The minimum atomic E-state index is -0.235. The molecule has 1 aromatic carbocycles. The third-order valence-corrected chi connectivity index (χ3v) is 5.06. The van der Waals surface area contributed by atoms with E-state index < -0.39 is 0 Å². The topological polar surface area (TPSA) is 83.3 Å². The Hall–Kier alpha value is -2.60. The first-order valence-electron chi connectivity index (χ1n) is 9.68. The van der Waals surface area contributed by atoms with Crippen LogP contribution in [-0.4, -0.2) is 35.0 Å². The Kier molecular flexibility index (Phi) is 6.65. The van der Waals surface area contributed by atoms with Gasteiger partial charge < -0.3 is 21.3 Å². The molecule has 6 nitrogen and oxygen atoms in total. The van der Waals surface area contributed by atoms with Crippen molar-refractivity contribution in [2.45, 2.75) is 45.2 Å². The molecule has 0 saturated carbocycles. The molecule has 1 atom stereocenters. The zero-order chi connectivity index (χ0) is 19.1. The van der Waals surface area contributed by atoms with E-state index in [1.165, 1.54) is 37.9 Å². The summed E-state index contributed by atoms with van der Waals surface area (Å²) in [6.45, 7) is 5.14. The van der Waals surface area contributed by atoms with Crippen LogP contribution in [0.15, 0.2) is 42.6 Å². The van der Waals surface area contributed by atoms with Gasteiger partial charge in [-0.2, -0.15) is 0 Å². The number of nitrogen functional groups attached to an aromatic ring is 1. The molecule has 2 aromatic rings. The van der Waals surface area contributed by atoms with Crippen LogP contribution >= 0.6 is 0 Å². The molecule has 1 aromatic heterocycles. The monoisotopic (exact) mass is 367 g/mol. The van der Waals surface area contributed by atoms with Gasteiger partial charge in [0.15, 0.2) is 0 Å². The number of piperidine rings is 1. The summed E-state index contributed by atoms with van der Waals surface area (Å²) >= 11 is 0. The van der Waals surface area contributed by atoms with E-state index in [0.29, 0.717) is 18.4 Å². The molecule has 1 saturated heterocycles. The van der Waals surface area contributed by atoms with Crippen molar-refractivity contribution >= 4 is 17.5 Å². The van der Waals surface area contributed by atoms with E-state index in [-0.39, 0.29) is 6.03 Å². The summed E-state index contributed by atoms with van der Waals surface area (Å²) in [5.41, 5.74) is 8.55. The zero-order valence-corrected chi connectivity index (χ0v) is 15.9. The standard InChI is InChI=1S/C21H29N5O/c1-16(26-11-3-2-4-12-26)13-17-5-8-19(9-6-17)25-21(27)24-15-18-7-10-20(22)23-14-18/h5-10,14,16H,2-4,11-13,15H2,1H3,(H2,22,23)(H2,24,25,27). The Morgan fingerprint density at radius 3 is 2.48 bits per heavy atom. The Balaban J connectivity index is 1.45. The van der Waals surface area contributed by atoms with E-state index >= 15 is 0 Å². The molecule has 1 unspecified atom stereocenters. The third-order valence-electron chi connectivity index (χ3n) is 5.06. The predicted octanol–water partition coefficient (Wildman–Crippen LogP) is 3.40. The number of carbonyl (C=O) groups excluding carboxylic acids is 1. The van der Waals surface area contributed by atoms with E-state index in [4.69, 9.17) is 5.73 Å². The number of urea groups is 1.